The fourth-order valence-electron chi connectivity index (χ4n) is 7.02. The van der Waals surface area contributed by atoms with Crippen LogP contribution in [0.5, 0.6) is 0 Å². The first-order chi connectivity index (χ1) is 13.6. The molecule has 1 aromatic carbocycles. The first-order valence-electron chi connectivity index (χ1n) is 10.7. The molecular weight excluding hydrogens is 344 g/mol. The number of pyridine rings is 1. The highest BCUT2D eigenvalue weighted by Crippen LogP contribution is 2.61. The molecule has 7 rings (SSSR count). The number of carbonyl (C=O) groups is 1. The van der Waals surface area contributed by atoms with E-state index in [1.54, 1.807) is 0 Å². The van der Waals surface area contributed by atoms with Crippen molar-refractivity contribution in [3.05, 3.63) is 54.2 Å². The van der Waals surface area contributed by atoms with Gasteiger partial charge in [0.1, 0.15) is 5.65 Å². The fourth-order valence-corrected chi connectivity index (χ4v) is 7.02. The Kier molecular flexibility index (Phi) is 3.42. The molecule has 3 aromatic rings. The van der Waals surface area contributed by atoms with Gasteiger partial charge < -0.3 is 0 Å². The number of aryl methyl sites for hydroxylation is 1. The van der Waals surface area contributed by atoms with E-state index in [0.717, 1.165) is 64.9 Å². The van der Waals surface area contributed by atoms with Gasteiger partial charge >= 0.3 is 0 Å². The molecule has 0 amide bonds. The summed E-state index contributed by atoms with van der Waals surface area (Å²) in [4.78, 5) is 18.9. The maximum atomic E-state index is 14.2. The first-order valence-corrected chi connectivity index (χ1v) is 10.7. The van der Waals surface area contributed by atoms with E-state index in [1.165, 1.54) is 19.3 Å². The number of hydrogen-bond acceptors (Lipinski definition) is 2. The SMILES string of the molecule is Cc1c(-c2ccccc2)n(C(=O)C23CC4CC(CC(C4)C2)C3)c2ncccc12. The lowest BCUT2D eigenvalue weighted by molar-refractivity contribution is -0.0397. The van der Waals surface area contributed by atoms with E-state index in [-0.39, 0.29) is 5.41 Å². The number of carbonyl (C=O) groups excluding carboxylic acids is 1. The third kappa shape index (κ3) is 2.22. The second kappa shape index (κ2) is 5.79. The Morgan fingerprint density at radius 1 is 0.964 bits per heavy atom. The van der Waals surface area contributed by atoms with E-state index >= 15 is 0 Å². The fraction of sp³-hybridized carbons (Fsp3) is 0.440. The monoisotopic (exact) mass is 370 g/mol. The van der Waals surface area contributed by atoms with Crippen molar-refractivity contribution in [2.24, 2.45) is 23.2 Å². The summed E-state index contributed by atoms with van der Waals surface area (Å²) < 4.78 is 1.99. The minimum atomic E-state index is -0.172. The molecular formula is C25H26N2O. The highest BCUT2D eigenvalue weighted by molar-refractivity contribution is 6.01. The maximum absolute atomic E-state index is 14.2. The zero-order valence-corrected chi connectivity index (χ0v) is 16.4. The van der Waals surface area contributed by atoms with E-state index < -0.39 is 0 Å². The van der Waals surface area contributed by atoms with Gasteiger partial charge in [0, 0.05) is 11.6 Å². The van der Waals surface area contributed by atoms with Gasteiger partial charge in [0.15, 0.2) is 0 Å². The van der Waals surface area contributed by atoms with Crippen LogP contribution in [0.3, 0.4) is 0 Å². The Morgan fingerprint density at radius 2 is 1.61 bits per heavy atom. The third-order valence-electron chi connectivity index (χ3n) is 7.72. The Morgan fingerprint density at radius 3 is 2.25 bits per heavy atom. The Bertz CT molecular complexity index is 1040. The van der Waals surface area contributed by atoms with Gasteiger partial charge in [0.25, 0.3) is 0 Å². The summed E-state index contributed by atoms with van der Waals surface area (Å²) in [5.74, 6) is 2.58. The summed E-state index contributed by atoms with van der Waals surface area (Å²) in [5, 5.41) is 1.10. The normalized spacial score (nSPS) is 30.8. The van der Waals surface area contributed by atoms with Crippen molar-refractivity contribution in [3.63, 3.8) is 0 Å². The minimum Gasteiger partial charge on any atom is -0.273 e. The Balaban J connectivity index is 1.57. The number of nitrogens with zero attached hydrogens (tertiary/aromatic N) is 2. The molecule has 0 aliphatic heterocycles. The van der Waals surface area contributed by atoms with E-state index in [2.05, 4.69) is 42.2 Å². The zero-order valence-electron chi connectivity index (χ0n) is 16.4. The quantitative estimate of drug-likeness (QED) is 0.565. The van der Waals surface area contributed by atoms with E-state index in [1.807, 2.05) is 22.9 Å². The molecule has 4 aliphatic rings. The summed E-state index contributed by atoms with van der Waals surface area (Å²) in [7, 11) is 0. The van der Waals surface area contributed by atoms with Crippen LogP contribution in [-0.4, -0.2) is 15.5 Å². The number of aromatic nitrogens is 2. The van der Waals surface area contributed by atoms with Gasteiger partial charge in [0.05, 0.1) is 11.1 Å². The zero-order chi connectivity index (χ0) is 18.9. The van der Waals surface area contributed by atoms with Crippen LogP contribution < -0.4 is 0 Å². The van der Waals surface area contributed by atoms with E-state index in [0.29, 0.717) is 5.91 Å². The molecule has 0 unspecified atom stereocenters. The molecule has 0 spiro atoms. The van der Waals surface area contributed by atoms with Gasteiger partial charge in [-0.15, -0.1) is 0 Å². The molecule has 3 heteroatoms. The van der Waals surface area contributed by atoms with E-state index in [9.17, 15) is 4.79 Å². The summed E-state index contributed by atoms with van der Waals surface area (Å²) >= 11 is 0. The summed E-state index contributed by atoms with van der Waals surface area (Å²) in [6, 6.07) is 14.5. The average Bonchev–Trinajstić information content (AvgIpc) is 3.00. The maximum Gasteiger partial charge on any atom is 0.239 e. The van der Waals surface area contributed by atoms with Crippen LogP contribution >= 0.6 is 0 Å². The van der Waals surface area contributed by atoms with Crippen LogP contribution in [0.2, 0.25) is 0 Å². The number of hydrogen-bond donors (Lipinski definition) is 0. The molecule has 4 saturated carbocycles. The number of benzene rings is 1. The van der Waals surface area contributed by atoms with Gasteiger partial charge in [-0.05, 0) is 86.5 Å². The van der Waals surface area contributed by atoms with Crippen molar-refractivity contribution < 1.29 is 4.79 Å². The predicted octanol–water partition coefficient (Wildman–Crippen LogP) is 5.87. The standard InChI is InChI=1S/C25H26N2O/c1-16-21-8-5-9-26-23(21)27(22(16)20-6-3-2-4-7-20)24(28)25-13-17-10-18(14-25)12-19(11-17)15-25/h2-9,17-19H,10-15H2,1H3. The summed E-state index contributed by atoms with van der Waals surface area (Å²) in [5.41, 5.74) is 3.96. The molecule has 4 bridgehead atoms. The van der Waals surface area contributed by atoms with Crippen LogP contribution in [0, 0.1) is 30.1 Å². The summed E-state index contributed by atoms with van der Waals surface area (Å²) in [6.07, 6.45) is 9.11. The number of fused-ring (bicyclic) bond motifs is 1. The molecule has 2 aromatic heterocycles. The van der Waals surface area contributed by atoms with Crippen molar-refractivity contribution >= 4 is 16.9 Å². The predicted molar refractivity (Wildman–Crippen MR) is 111 cm³/mol. The van der Waals surface area contributed by atoms with Crippen molar-refractivity contribution in [1.82, 2.24) is 9.55 Å². The second-order valence-corrected chi connectivity index (χ2v) is 9.55. The lowest BCUT2D eigenvalue weighted by Crippen LogP contribution is -2.51. The molecule has 28 heavy (non-hydrogen) atoms. The Labute approximate surface area is 165 Å². The van der Waals surface area contributed by atoms with Crippen molar-refractivity contribution in [2.75, 3.05) is 0 Å². The molecule has 4 fully saturated rings. The molecule has 4 aliphatic carbocycles. The smallest absolute Gasteiger partial charge is 0.239 e. The summed E-state index contributed by atoms with van der Waals surface area (Å²) in [6.45, 7) is 2.13. The lowest BCUT2D eigenvalue weighted by atomic mass is 9.49. The molecule has 0 radical (unpaired) electrons. The highest BCUT2D eigenvalue weighted by atomic mass is 16.2. The molecule has 2 heterocycles. The lowest BCUT2D eigenvalue weighted by Gasteiger charge is -2.55. The largest absolute Gasteiger partial charge is 0.273 e. The minimum absolute atomic E-state index is 0.172. The van der Waals surface area contributed by atoms with Crippen molar-refractivity contribution in [2.45, 2.75) is 45.4 Å². The molecule has 142 valence electrons. The molecule has 0 saturated heterocycles. The average molecular weight is 370 g/mol. The van der Waals surface area contributed by atoms with Crippen molar-refractivity contribution in [3.8, 4) is 11.3 Å². The van der Waals surface area contributed by atoms with Crippen LogP contribution in [0.25, 0.3) is 22.3 Å². The van der Waals surface area contributed by atoms with Gasteiger partial charge in [-0.3, -0.25) is 9.36 Å². The first kappa shape index (κ1) is 16.5. The van der Waals surface area contributed by atoms with E-state index in [4.69, 9.17) is 0 Å². The van der Waals surface area contributed by atoms with Crippen molar-refractivity contribution in [1.29, 1.82) is 0 Å². The van der Waals surface area contributed by atoms with Crippen LogP contribution in [0.1, 0.15) is 48.9 Å². The second-order valence-electron chi connectivity index (χ2n) is 9.55. The highest BCUT2D eigenvalue weighted by Gasteiger charge is 2.55. The Hall–Kier alpha value is -2.42. The molecule has 0 N–H and O–H groups in total. The van der Waals surface area contributed by atoms with Crippen LogP contribution in [-0.2, 0) is 0 Å². The van der Waals surface area contributed by atoms with Gasteiger partial charge in [-0.25, -0.2) is 4.98 Å². The number of rotatable bonds is 2. The van der Waals surface area contributed by atoms with Crippen LogP contribution in [0.4, 0.5) is 0 Å². The molecule has 0 atom stereocenters. The van der Waals surface area contributed by atoms with Crippen LogP contribution in [0.15, 0.2) is 48.7 Å². The van der Waals surface area contributed by atoms with Gasteiger partial charge in [0.2, 0.25) is 5.91 Å². The van der Waals surface area contributed by atoms with Gasteiger partial charge in [-0.2, -0.15) is 0 Å². The topological polar surface area (TPSA) is 34.9 Å². The van der Waals surface area contributed by atoms with Gasteiger partial charge in [-0.1, -0.05) is 30.3 Å². The third-order valence-corrected chi connectivity index (χ3v) is 7.72. The molecule has 3 nitrogen and oxygen atoms in total.